The second kappa shape index (κ2) is 11.7. The van der Waals surface area contributed by atoms with Crippen LogP contribution in [0.15, 0.2) is 42.6 Å². The van der Waals surface area contributed by atoms with Gasteiger partial charge in [0.05, 0.1) is 21.3 Å². The number of methoxy groups -OCH3 is 3. The number of benzene rings is 2. The molecule has 1 heterocycles. The van der Waals surface area contributed by atoms with Gasteiger partial charge in [0, 0.05) is 48.4 Å². The molecule has 0 fully saturated rings. The molecule has 12 heteroatoms. The van der Waals surface area contributed by atoms with Gasteiger partial charge < -0.3 is 24.8 Å². The summed E-state index contributed by atoms with van der Waals surface area (Å²) < 4.78 is 44.5. The number of hydrogen-bond acceptors (Lipinski definition) is 9. The van der Waals surface area contributed by atoms with Crippen molar-refractivity contribution in [3.05, 3.63) is 53.7 Å². The van der Waals surface area contributed by atoms with Gasteiger partial charge in [-0.1, -0.05) is 19.1 Å². The largest absolute Gasteiger partial charge is 0.493 e. The molecule has 0 spiro atoms. The molecular weight excluding hydrogens is 472 g/mol. The van der Waals surface area contributed by atoms with E-state index in [-0.39, 0.29) is 6.54 Å². The third-order valence-electron chi connectivity index (χ3n) is 4.91. The van der Waals surface area contributed by atoms with Gasteiger partial charge in [-0.2, -0.15) is 18.1 Å². The summed E-state index contributed by atoms with van der Waals surface area (Å²) in [5.74, 6) is 2.50. The molecule has 0 aliphatic carbocycles. The zero-order valence-electron chi connectivity index (χ0n) is 20.3. The van der Waals surface area contributed by atoms with Crippen molar-refractivity contribution in [2.75, 3.05) is 38.5 Å². The Morgan fingerprint density at radius 2 is 1.54 bits per heavy atom. The molecule has 35 heavy (non-hydrogen) atoms. The molecule has 1 aromatic heterocycles. The van der Waals surface area contributed by atoms with Gasteiger partial charge in [0.2, 0.25) is 11.7 Å². The minimum Gasteiger partial charge on any atom is -0.493 e. The normalized spacial score (nSPS) is 11.1. The second-order valence-corrected chi connectivity index (χ2v) is 8.99. The highest BCUT2D eigenvalue weighted by Gasteiger charge is 2.14. The van der Waals surface area contributed by atoms with Crippen molar-refractivity contribution in [1.82, 2.24) is 19.4 Å². The van der Waals surface area contributed by atoms with E-state index >= 15 is 0 Å². The fraction of sp³-hybridized carbons (Fsp3) is 0.304. The Bertz CT molecular complexity index is 1230. The van der Waals surface area contributed by atoms with Gasteiger partial charge in [-0.05, 0) is 24.6 Å². The zero-order valence-corrected chi connectivity index (χ0v) is 21.1. The van der Waals surface area contributed by atoms with E-state index in [9.17, 15) is 8.42 Å². The van der Waals surface area contributed by atoms with Crippen LogP contribution in [0, 0.1) is 6.92 Å². The lowest BCUT2D eigenvalue weighted by Crippen LogP contribution is -2.35. The monoisotopic (exact) mass is 502 g/mol. The van der Waals surface area contributed by atoms with E-state index in [1.165, 1.54) is 0 Å². The van der Waals surface area contributed by atoms with E-state index in [0.717, 1.165) is 16.8 Å². The third-order valence-corrected chi connectivity index (χ3v) is 6.10. The number of rotatable bonds is 12. The summed E-state index contributed by atoms with van der Waals surface area (Å²) in [7, 11) is 1.14. The van der Waals surface area contributed by atoms with Gasteiger partial charge in [0.15, 0.2) is 11.5 Å². The highest BCUT2D eigenvalue weighted by atomic mass is 32.2. The molecule has 0 saturated carbocycles. The van der Waals surface area contributed by atoms with E-state index < -0.39 is 10.2 Å². The smallest absolute Gasteiger partial charge is 0.277 e. The first-order valence-corrected chi connectivity index (χ1v) is 12.3. The van der Waals surface area contributed by atoms with Crippen molar-refractivity contribution in [3.8, 4) is 17.2 Å². The van der Waals surface area contributed by atoms with Crippen molar-refractivity contribution >= 4 is 33.4 Å². The molecule has 4 N–H and O–H groups in total. The standard InChI is InChI=1S/C23H30N6O5S/c1-6-25-35(30,31)26-14-16-7-9-17(10-8-16)27-22-15(2)13-24-23(29-22)28-18-11-19(32-3)21(34-5)20(12-18)33-4/h7-13,25-26H,6,14H2,1-5H3,(H2,24,27,28,29). The average Bonchev–Trinajstić information content (AvgIpc) is 2.85. The van der Waals surface area contributed by atoms with Crippen LogP contribution in [-0.2, 0) is 16.8 Å². The van der Waals surface area contributed by atoms with Crippen LogP contribution in [-0.4, -0.2) is 46.3 Å². The SMILES string of the molecule is CCNS(=O)(=O)NCc1ccc(Nc2nc(Nc3cc(OC)c(OC)c(OC)c3)ncc2C)cc1. The minimum atomic E-state index is -3.50. The van der Waals surface area contributed by atoms with E-state index in [1.54, 1.807) is 46.6 Å². The maximum atomic E-state index is 11.7. The molecule has 11 nitrogen and oxygen atoms in total. The molecule has 0 atom stereocenters. The van der Waals surface area contributed by atoms with Crippen LogP contribution < -0.4 is 34.3 Å². The fourth-order valence-corrected chi connectivity index (χ4v) is 4.01. The number of anilines is 4. The van der Waals surface area contributed by atoms with E-state index in [1.807, 2.05) is 31.2 Å². The molecule has 0 bridgehead atoms. The first kappa shape index (κ1) is 26.0. The van der Waals surface area contributed by atoms with Crippen LogP contribution in [0.1, 0.15) is 18.1 Å². The highest BCUT2D eigenvalue weighted by Crippen LogP contribution is 2.40. The first-order chi connectivity index (χ1) is 16.8. The van der Waals surface area contributed by atoms with Crippen LogP contribution in [0.5, 0.6) is 17.2 Å². The van der Waals surface area contributed by atoms with Crippen LogP contribution in [0.25, 0.3) is 0 Å². The quantitative estimate of drug-likeness (QED) is 0.294. The molecule has 0 amide bonds. The topological polar surface area (TPSA) is 136 Å². The van der Waals surface area contributed by atoms with Crippen LogP contribution in [0.2, 0.25) is 0 Å². The van der Waals surface area contributed by atoms with Gasteiger partial charge in [-0.15, -0.1) is 0 Å². The Morgan fingerprint density at radius 1 is 0.886 bits per heavy atom. The number of aromatic nitrogens is 2. The Morgan fingerprint density at radius 3 is 2.11 bits per heavy atom. The maximum absolute atomic E-state index is 11.7. The predicted molar refractivity (Wildman–Crippen MR) is 135 cm³/mol. The minimum absolute atomic E-state index is 0.186. The summed E-state index contributed by atoms with van der Waals surface area (Å²) in [6.45, 7) is 4.13. The molecule has 0 saturated heterocycles. The van der Waals surface area contributed by atoms with Crippen LogP contribution in [0.4, 0.5) is 23.1 Å². The zero-order chi connectivity index (χ0) is 25.4. The molecule has 2 aromatic carbocycles. The molecule has 0 aliphatic heterocycles. The lowest BCUT2D eigenvalue weighted by Gasteiger charge is -2.15. The van der Waals surface area contributed by atoms with Crippen molar-refractivity contribution < 1.29 is 22.6 Å². The number of hydrogen-bond donors (Lipinski definition) is 4. The molecule has 3 rings (SSSR count). The number of nitrogens with one attached hydrogen (secondary N) is 4. The molecule has 188 valence electrons. The summed E-state index contributed by atoms with van der Waals surface area (Å²) in [5.41, 5.74) is 3.13. The highest BCUT2D eigenvalue weighted by molar-refractivity contribution is 7.87. The summed E-state index contributed by atoms with van der Waals surface area (Å²) in [6, 6.07) is 10.9. The van der Waals surface area contributed by atoms with Crippen LogP contribution >= 0.6 is 0 Å². The Kier molecular flexibility index (Phi) is 8.68. The van der Waals surface area contributed by atoms with Gasteiger partial charge in [-0.3, -0.25) is 0 Å². The summed E-state index contributed by atoms with van der Waals surface area (Å²) in [6.07, 6.45) is 1.71. The summed E-state index contributed by atoms with van der Waals surface area (Å²) >= 11 is 0. The number of aryl methyl sites for hydroxylation is 1. The Hall–Kier alpha value is -3.61. The second-order valence-electron chi connectivity index (χ2n) is 7.41. The lowest BCUT2D eigenvalue weighted by molar-refractivity contribution is 0.324. The number of ether oxygens (including phenoxy) is 3. The Balaban J connectivity index is 1.73. The molecule has 0 aliphatic rings. The Labute approximate surface area is 205 Å². The molecule has 0 radical (unpaired) electrons. The van der Waals surface area contributed by atoms with Gasteiger partial charge in [-0.25, -0.2) is 9.71 Å². The van der Waals surface area contributed by atoms with Crippen molar-refractivity contribution in [1.29, 1.82) is 0 Å². The molecule has 3 aromatic rings. The van der Waals surface area contributed by atoms with Gasteiger partial charge >= 0.3 is 0 Å². The van der Waals surface area contributed by atoms with Crippen LogP contribution in [0.3, 0.4) is 0 Å². The molecule has 0 unspecified atom stereocenters. The first-order valence-electron chi connectivity index (χ1n) is 10.8. The summed E-state index contributed by atoms with van der Waals surface area (Å²) in [4.78, 5) is 8.94. The van der Waals surface area contributed by atoms with Gasteiger partial charge in [0.1, 0.15) is 5.82 Å². The predicted octanol–water partition coefficient (Wildman–Crippen LogP) is 3.24. The maximum Gasteiger partial charge on any atom is 0.277 e. The summed E-state index contributed by atoms with van der Waals surface area (Å²) in [5, 5.41) is 6.43. The third kappa shape index (κ3) is 6.94. The van der Waals surface area contributed by atoms with E-state index in [2.05, 4.69) is 30.0 Å². The van der Waals surface area contributed by atoms with Crippen molar-refractivity contribution in [2.45, 2.75) is 20.4 Å². The van der Waals surface area contributed by atoms with Gasteiger partial charge in [0.25, 0.3) is 10.2 Å². The number of nitrogens with zero attached hydrogens (tertiary/aromatic N) is 2. The lowest BCUT2D eigenvalue weighted by atomic mass is 10.2. The van der Waals surface area contributed by atoms with E-state index in [4.69, 9.17) is 14.2 Å². The van der Waals surface area contributed by atoms with Crippen molar-refractivity contribution in [3.63, 3.8) is 0 Å². The van der Waals surface area contributed by atoms with Crippen molar-refractivity contribution in [2.24, 2.45) is 0 Å². The van der Waals surface area contributed by atoms with E-state index in [0.29, 0.717) is 41.2 Å². The average molecular weight is 503 g/mol. The fourth-order valence-electron chi connectivity index (χ4n) is 3.17. The molecular formula is C23H30N6O5S.